The summed E-state index contributed by atoms with van der Waals surface area (Å²) in [5, 5.41) is 8.65. The quantitative estimate of drug-likeness (QED) is 0.567. The molecular formula is C12H17N3O4. The van der Waals surface area contributed by atoms with Crippen LogP contribution in [0.2, 0.25) is 0 Å². The molecule has 1 rings (SSSR count). The molecule has 0 atom stereocenters. The van der Waals surface area contributed by atoms with E-state index in [2.05, 4.69) is 9.97 Å². The lowest BCUT2D eigenvalue weighted by Gasteiger charge is -2.06. The van der Waals surface area contributed by atoms with E-state index >= 15 is 0 Å². The van der Waals surface area contributed by atoms with E-state index in [0.717, 1.165) is 0 Å². The van der Waals surface area contributed by atoms with Crippen molar-refractivity contribution in [3.05, 3.63) is 18.0 Å². The number of ether oxygens (including phenoxy) is 4. The minimum Gasteiger partial charge on any atom is -0.461 e. The van der Waals surface area contributed by atoms with Crippen LogP contribution in [0.1, 0.15) is 5.69 Å². The Bertz CT molecular complexity index is 395. The Balaban J connectivity index is 2.00. The van der Waals surface area contributed by atoms with Crippen LogP contribution in [-0.2, 0) is 14.2 Å². The fourth-order valence-electron chi connectivity index (χ4n) is 1.13. The average molecular weight is 267 g/mol. The van der Waals surface area contributed by atoms with E-state index in [1.54, 1.807) is 7.11 Å². The van der Waals surface area contributed by atoms with Crippen molar-refractivity contribution < 1.29 is 18.9 Å². The third-order valence-electron chi connectivity index (χ3n) is 2.01. The maximum atomic E-state index is 8.65. The monoisotopic (exact) mass is 267 g/mol. The summed E-state index contributed by atoms with van der Waals surface area (Å²) in [5.74, 6) is 0. The molecule has 19 heavy (non-hydrogen) atoms. The van der Waals surface area contributed by atoms with Gasteiger partial charge in [-0.1, -0.05) is 0 Å². The zero-order valence-electron chi connectivity index (χ0n) is 10.9. The van der Waals surface area contributed by atoms with Gasteiger partial charge in [-0.05, 0) is 6.07 Å². The number of nitriles is 1. The van der Waals surface area contributed by atoms with Gasteiger partial charge in [0.1, 0.15) is 18.4 Å². The molecule has 1 heterocycles. The average Bonchev–Trinajstić information content (AvgIpc) is 2.46. The van der Waals surface area contributed by atoms with E-state index < -0.39 is 0 Å². The second kappa shape index (κ2) is 10.2. The first-order chi connectivity index (χ1) is 9.36. The summed E-state index contributed by atoms with van der Waals surface area (Å²) in [5.41, 5.74) is 0.275. The van der Waals surface area contributed by atoms with E-state index in [4.69, 9.17) is 24.2 Å². The molecule has 0 N–H and O–H groups in total. The Morgan fingerprint density at radius 2 is 1.79 bits per heavy atom. The SMILES string of the molecule is COCCOCCOCCOc1nccc(C#N)n1. The summed E-state index contributed by atoms with van der Waals surface area (Å²) < 4.78 is 20.6. The van der Waals surface area contributed by atoms with Gasteiger partial charge in [-0.2, -0.15) is 10.2 Å². The predicted octanol–water partition coefficient (Wildman–Crippen LogP) is 0.407. The van der Waals surface area contributed by atoms with Crippen LogP contribution in [0.4, 0.5) is 0 Å². The van der Waals surface area contributed by atoms with E-state index in [9.17, 15) is 0 Å². The molecular weight excluding hydrogens is 250 g/mol. The summed E-state index contributed by atoms with van der Waals surface area (Å²) >= 11 is 0. The summed E-state index contributed by atoms with van der Waals surface area (Å²) in [6.45, 7) is 2.89. The first kappa shape index (κ1) is 15.3. The number of nitrogens with zero attached hydrogens (tertiary/aromatic N) is 3. The molecule has 0 saturated heterocycles. The standard InChI is InChI=1S/C12H17N3O4/c1-16-4-5-17-6-7-18-8-9-19-12-14-3-2-11(10-13)15-12/h2-3H,4-9H2,1H3. The summed E-state index contributed by atoms with van der Waals surface area (Å²) in [6.07, 6.45) is 1.48. The molecule has 104 valence electrons. The molecule has 1 aromatic rings. The summed E-state index contributed by atoms with van der Waals surface area (Å²) in [6, 6.07) is 3.61. The van der Waals surface area contributed by atoms with Gasteiger partial charge in [0.05, 0.1) is 33.0 Å². The summed E-state index contributed by atoms with van der Waals surface area (Å²) in [4.78, 5) is 7.75. The van der Waals surface area contributed by atoms with Crippen LogP contribution in [0.3, 0.4) is 0 Å². The molecule has 0 unspecified atom stereocenters. The van der Waals surface area contributed by atoms with Gasteiger partial charge in [-0.15, -0.1) is 0 Å². The molecule has 0 aliphatic rings. The van der Waals surface area contributed by atoms with Crippen LogP contribution in [0, 0.1) is 11.3 Å². The van der Waals surface area contributed by atoms with Crippen LogP contribution in [0.15, 0.2) is 12.3 Å². The molecule has 0 fully saturated rings. The van der Waals surface area contributed by atoms with Crippen LogP contribution < -0.4 is 4.74 Å². The van der Waals surface area contributed by atoms with Gasteiger partial charge < -0.3 is 18.9 Å². The minimum absolute atomic E-state index is 0.180. The molecule has 0 spiro atoms. The highest BCUT2D eigenvalue weighted by Gasteiger charge is 1.99. The van der Waals surface area contributed by atoms with Crippen molar-refractivity contribution in [3.63, 3.8) is 0 Å². The number of rotatable bonds is 10. The third kappa shape index (κ3) is 7.31. The van der Waals surface area contributed by atoms with E-state index in [-0.39, 0.29) is 11.7 Å². The maximum Gasteiger partial charge on any atom is 0.317 e. The summed E-state index contributed by atoms with van der Waals surface area (Å²) in [7, 11) is 1.63. The molecule has 0 radical (unpaired) electrons. The van der Waals surface area contributed by atoms with Crippen molar-refractivity contribution in [2.75, 3.05) is 46.8 Å². The van der Waals surface area contributed by atoms with E-state index in [1.165, 1.54) is 12.3 Å². The lowest BCUT2D eigenvalue weighted by Crippen LogP contribution is -2.13. The Morgan fingerprint density at radius 1 is 1.11 bits per heavy atom. The van der Waals surface area contributed by atoms with Crippen molar-refractivity contribution in [1.82, 2.24) is 9.97 Å². The highest BCUT2D eigenvalue weighted by atomic mass is 16.6. The fraction of sp³-hybridized carbons (Fsp3) is 0.583. The highest BCUT2D eigenvalue weighted by molar-refractivity contribution is 5.19. The minimum atomic E-state index is 0.180. The smallest absolute Gasteiger partial charge is 0.317 e. The van der Waals surface area contributed by atoms with Crippen molar-refractivity contribution >= 4 is 0 Å². The third-order valence-corrected chi connectivity index (χ3v) is 2.01. The Morgan fingerprint density at radius 3 is 2.47 bits per heavy atom. The maximum absolute atomic E-state index is 8.65. The molecule has 7 nitrogen and oxygen atoms in total. The van der Waals surface area contributed by atoms with Gasteiger partial charge >= 0.3 is 6.01 Å². The molecule has 0 aliphatic carbocycles. The van der Waals surface area contributed by atoms with Crippen molar-refractivity contribution in [2.24, 2.45) is 0 Å². The molecule has 0 aliphatic heterocycles. The Labute approximate surface area is 112 Å². The number of hydrogen-bond acceptors (Lipinski definition) is 7. The van der Waals surface area contributed by atoms with E-state index in [0.29, 0.717) is 39.6 Å². The van der Waals surface area contributed by atoms with Crippen LogP contribution in [-0.4, -0.2) is 56.7 Å². The van der Waals surface area contributed by atoms with Gasteiger partial charge in [0.25, 0.3) is 0 Å². The fourth-order valence-corrected chi connectivity index (χ4v) is 1.13. The molecule has 0 amide bonds. The molecule has 7 heteroatoms. The Kier molecular flexibility index (Phi) is 8.22. The van der Waals surface area contributed by atoms with E-state index in [1.807, 2.05) is 6.07 Å². The normalized spacial score (nSPS) is 10.1. The zero-order chi connectivity index (χ0) is 13.8. The van der Waals surface area contributed by atoms with Gasteiger partial charge in [0, 0.05) is 13.3 Å². The van der Waals surface area contributed by atoms with Crippen LogP contribution in [0.25, 0.3) is 0 Å². The molecule has 0 saturated carbocycles. The zero-order valence-corrected chi connectivity index (χ0v) is 10.9. The first-order valence-corrected chi connectivity index (χ1v) is 5.87. The molecule has 0 aromatic carbocycles. The van der Waals surface area contributed by atoms with Gasteiger partial charge in [0.2, 0.25) is 0 Å². The van der Waals surface area contributed by atoms with Crippen LogP contribution in [0.5, 0.6) is 6.01 Å². The van der Waals surface area contributed by atoms with Crippen molar-refractivity contribution in [3.8, 4) is 12.1 Å². The number of methoxy groups -OCH3 is 1. The van der Waals surface area contributed by atoms with Gasteiger partial charge in [-0.3, -0.25) is 0 Å². The second-order valence-corrected chi connectivity index (χ2v) is 3.40. The lowest BCUT2D eigenvalue weighted by molar-refractivity contribution is 0.0173. The van der Waals surface area contributed by atoms with Crippen molar-refractivity contribution in [1.29, 1.82) is 5.26 Å². The number of hydrogen-bond donors (Lipinski definition) is 0. The predicted molar refractivity (Wildman–Crippen MR) is 65.8 cm³/mol. The first-order valence-electron chi connectivity index (χ1n) is 5.87. The topological polar surface area (TPSA) is 86.5 Å². The largest absolute Gasteiger partial charge is 0.461 e. The van der Waals surface area contributed by atoms with Gasteiger partial charge in [-0.25, -0.2) is 4.98 Å². The second-order valence-electron chi connectivity index (χ2n) is 3.40. The molecule has 0 bridgehead atoms. The lowest BCUT2D eigenvalue weighted by atomic mass is 10.4. The number of aromatic nitrogens is 2. The van der Waals surface area contributed by atoms with Crippen LogP contribution >= 0.6 is 0 Å². The Hall–Kier alpha value is -1.75. The highest BCUT2D eigenvalue weighted by Crippen LogP contribution is 2.01. The van der Waals surface area contributed by atoms with Gasteiger partial charge in [0.15, 0.2) is 0 Å². The molecule has 1 aromatic heterocycles. The van der Waals surface area contributed by atoms with Crippen molar-refractivity contribution in [2.45, 2.75) is 0 Å².